The molecule has 0 aliphatic rings. The van der Waals surface area contributed by atoms with Gasteiger partial charge in [-0.3, -0.25) is 9.78 Å². The lowest BCUT2D eigenvalue weighted by molar-refractivity contribution is -0.274. The van der Waals surface area contributed by atoms with E-state index in [1.807, 2.05) is 18.2 Å². The normalized spacial score (nSPS) is 11.3. The van der Waals surface area contributed by atoms with Crippen molar-refractivity contribution in [1.82, 2.24) is 9.97 Å². The van der Waals surface area contributed by atoms with E-state index in [1.165, 1.54) is 18.2 Å². The van der Waals surface area contributed by atoms with Gasteiger partial charge in [0.2, 0.25) is 5.91 Å². The van der Waals surface area contributed by atoms with Crippen LogP contribution in [0.4, 0.5) is 18.9 Å². The highest BCUT2D eigenvalue weighted by Gasteiger charge is 2.31. The van der Waals surface area contributed by atoms with Crippen LogP contribution < -0.4 is 10.1 Å². The Labute approximate surface area is 175 Å². The summed E-state index contributed by atoms with van der Waals surface area (Å²) in [6.45, 7) is 0. The zero-order valence-corrected chi connectivity index (χ0v) is 16.1. The Bertz CT molecular complexity index is 1230. The molecule has 0 unspecified atom stereocenters. The predicted octanol–water partition coefficient (Wildman–Crippen LogP) is 5.38. The zero-order valence-electron chi connectivity index (χ0n) is 16.1. The van der Waals surface area contributed by atoms with Gasteiger partial charge >= 0.3 is 6.36 Å². The second-order valence-electron chi connectivity index (χ2n) is 6.72. The zero-order chi connectivity index (χ0) is 21.8. The molecule has 5 nitrogen and oxygen atoms in total. The van der Waals surface area contributed by atoms with Crippen LogP contribution in [-0.4, -0.2) is 22.2 Å². The van der Waals surface area contributed by atoms with Gasteiger partial charge < -0.3 is 10.1 Å². The van der Waals surface area contributed by atoms with E-state index in [-0.39, 0.29) is 18.1 Å². The molecule has 1 N–H and O–H groups in total. The smallest absolute Gasteiger partial charge is 0.406 e. The van der Waals surface area contributed by atoms with Crippen LogP contribution in [-0.2, 0) is 11.2 Å². The van der Waals surface area contributed by atoms with E-state index in [0.29, 0.717) is 28.0 Å². The fourth-order valence-electron chi connectivity index (χ4n) is 3.18. The van der Waals surface area contributed by atoms with Crippen LogP contribution in [0.3, 0.4) is 0 Å². The number of benzene rings is 2. The molecule has 0 spiro atoms. The van der Waals surface area contributed by atoms with Crippen molar-refractivity contribution in [3.8, 4) is 17.0 Å². The number of ether oxygens (including phenoxy) is 1. The highest BCUT2D eigenvalue weighted by molar-refractivity contribution is 5.95. The maximum atomic E-state index is 12.5. The number of nitrogens with zero attached hydrogens (tertiary/aromatic N) is 2. The van der Waals surface area contributed by atoms with Crippen LogP contribution >= 0.6 is 0 Å². The molecule has 0 saturated heterocycles. The number of amides is 1. The largest absolute Gasteiger partial charge is 0.573 e. The lowest BCUT2D eigenvalue weighted by Crippen LogP contribution is -2.17. The van der Waals surface area contributed by atoms with Gasteiger partial charge in [-0.15, -0.1) is 13.2 Å². The quantitative estimate of drug-likeness (QED) is 0.468. The number of hydrogen-bond donors (Lipinski definition) is 1. The number of nitrogens with one attached hydrogen (secondary N) is 1. The van der Waals surface area contributed by atoms with Crippen LogP contribution in [0.5, 0.6) is 5.75 Å². The Morgan fingerprint density at radius 3 is 2.52 bits per heavy atom. The monoisotopic (exact) mass is 423 g/mol. The summed E-state index contributed by atoms with van der Waals surface area (Å²) in [5.41, 5.74) is 2.89. The minimum Gasteiger partial charge on any atom is -0.406 e. The third-order valence-electron chi connectivity index (χ3n) is 4.48. The summed E-state index contributed by atoms with van der Waals surface area (Å²) in [6, 6.07) is 18.0. The summed E-state index contributed by atoms with van der Waals surface area (Å²) in [5.74, 6) is -0.539. The number of alkyl halides is 3. The van der Waals surface area contributed by atoms with Crippen molar-refractivity contribution in [3.05, 3.63) is 84.7 Å². The number of aromatic nitrogens is 2. The summed E-state index contributed by atoms with van der Waals surface area (Å²) < 4.78 is 41.6. The minimum absolute atomic E-state index is 0.0906. The summed E-state index contributed by atoms with van der Waals surface area (Å²) >= 11 is 0. The average Bonchev–Trinajstić information content (AvgIpc) is 2.73. The van der Waals surface area contributed by atoms with Crippen molar-refractivity contribution in [2.45, 2.75) is 12.8 Å². The van der Waals surface area contributed by atoms with E-state index in [9.17, 15) is 18.0 Å². The fourth-order valence-corrected chi connectivity index (χ4v) is 3.18. The molecule has 0 bridgehead atoms. The minimum atomic E-state index is -4.77. The van der Waals surface area contributed by atoms with E-state index in [0.717, 1.165) is 5.39 Å². The van der Waals surface area contributed by atoms with E-state index >= 15 is 0 Å². The Hall–Kier alpha value is -3.94. The van der Waals surface area contributed by atoms with Crippen LogP contribution in [0.25, 0.3) is 22.2 Å². The Balaban J connectivity index is 1.63. The SMILES string of the molecule is O=C(Cc1cccc2ccc(-c3cccc(OC(F)(F)F)c3)nc12)Nc1ccncc1. The van der Waals surface area contributed by atoms with Gasteiger partial charge in [-0.1, -0.05) is 36.4 Å². The molecule has 156 valence electrons. The van der Waals surface area contributed by atoms with E-state index in [4.69, 9.17) is 0 Å². The molecule has 31 heavy (non-hydrogen) atoms. The van der Waals surface area contributed by atoms with E-state index in [2.05, 4.69) is 20.0 Å². The first-order valence-corrected chi connectivity index (χ1v) is 9.32. The molecule has 0 saturated carbocycles. The number of halogens is 3. The maximum absolute atomic E-state index is 12.5. The number of fused-ring (bicyclic) bond motifs is 1. The topological polar surface area (TPSA) is 64.1 Å². The third kappa shape index (κ3) is 5.16. The molecule has 1 amide bonds. The highest BCUT2D eigenvalue weighted by atomic mass is 19.4. The van der Waals surface area contributed by atoms with Crippen molar-refractivity contribution in [2.75, 3.05) is 5.32 Å². The van der Waals surface area contributed by atoms with Crippen LogP contribution in [0.1, 0.15) is 5.56 Å². The van der Waals surface area contributed by atoms with Gasteiger partial charge in [-0.05, 0) is 35.9 Å². The summed E-state index contributed by atoms with van der Waals surface area (Å²) in [5, 5.41) is 3.62. The molecule has 0 fully saturated rings. The third-order valence-corrected chi connectivity index (χ3v) is 4.48. The Morgan fingerprint density at radius 1 is 0.968 bits per heavy atom. The summed E-state index contributed by atoms with van der Waals surface area (Å²) in [6.07, 6.45) is -1.52. The molecule has 8 heteroatoms. The molecule has 2 aromatic carbocycles. The van der Waals surface area contributed by atoms with Gasteiger partial charge in [-0.25, -0.2) is 4.98 Å². The lowest BCUT2D eigenvalue weighted by Gasteiger charge is -2.11. The number of para-hydroxylation sites is 1. The van der Waals surface area contributed by atoms with Crippen LogP contribution in [0.2, 0.25) is 0 Å². The highest BCUT2D eigenvalue weighted by Crippen LogP contribution is 2.29. The Kier molecular flexibility index (Phi) is 5.53. The van der Waals surface area contributed by atoms with Gasteiger partial charge in [-0.2, -0.15) is 0 Å². The summed E-state index contributed by atoms with van der Waals surface area (Å²) in [7, 11) is 0. The molecule has 4 rings (SSSR count). The first-order chi connectivity index (χ1) is 14.9. The molecule has 2 heterocycles. The second-order valence-corrected chi connectivity index (χ2v) is 6.72. The maximum Gasteiger partial charge on any atom is 0.573 e. The second kappa shape index (κ2) is 8.43. The molecule has 0 atom stereocenters. The number of carbonyl (C=O) groups is 1. The molecular formula is C23H16F3N3O2. The number of pyridine rings is 2. The number of carbonyl (C=O) groups excluding carboxylic acids is 1. The lowest BCUT2D eigenvalue weighted by atomic mass is 10.0. The molecule has 0 aliphatic carbocycles. The molecule has 0 radical (unpaired) electrons. The molecular weight excluding hydrogens is 407 g/mol. The van der Waals surface area contributed by atoms with Crippen LogP contribution in [0, 0.1) is 0 Å². The molecule has 4 aromatic rings. The Morgan fingerprint density at radius 2 is 1.74 bits per heavy atom. The van der Waals surface area contributed by atoms with Gasteiger partial charge in [0, 0.05) is 29.0 Å². The molecule has 2 aromatic heterocycles. The first-order valence-electron chi connectivity index (χ1n) is 9.32. The van der Waals surface area contributed by atoms with E-state index < -0.39 is 6.36 Å². The number of rotatable bonds is 5. The standard InChI is InChI=1S/C23H16F3N3O2/c24-23(25,26)31-19-6-2-4-16(13-19)20-8-7-15-3-1-5-17(22(15)29-20)14-21(30)28-18-9-11-27-12-10-18/h1-13H,14H2,(H,27,28,30). The van der Waals surface area contributed by atoms with Gasteiger partial charge in [0.25, 0.3) is 0 Å². The number of hydrogen-bond acceptors (Lipinski definition) is 4. The predicted molar refractivity (Wildman–Crippen MR) is 110 cm³/mol. The van der Waals surface area contributed by atoms with Gasteiger partial charge in [0.1, 0.15) is 5.75 Å². The average molecular weight is 423 g/mol. The van der Waals surface area contributed by atoms with Crippen molar-refractivity contribution in [2.24, 2.45) is 0 Å². The van der Waals surface area contributed by atoms with E-state index in [1.54, 1.807) is 42.7 Å². The van der Waals surface area contributed by atoms with Crippen molar-refractivity contribution < 1.29 is 22.7 Å². The van der Waals surface area contributed by atoms with Crippen molar-refractivity contribution in [3.63, 3.8) is 0 Å². The summed E-state index contributed by atoms with van der Waals surface area (Å²) in [4.78, 5) is 21.0. The van der Waals surface area contributed by atoms with Crippen molar-refractivity contribution in [1.29, 1.82) is 0 Å². The number of anilines is 1. The van der Waals surface area contributed by atoms with Crippen LogP contribution in [0.15, 0.2) is 79.1 Å². The van der Waals surface area contributed by atoms with Gasteiger partial charge in [0.05, 0.1) is 17.6 Å². The molecule has 0 aliphatic heterocycles. The first kappa shape index (κ1) is 20.3. The fraction of sp³-hybridized carbons (Fsp3) is 0.0870. The van der Waals surface area contributed by atoms with Crippen molar-refractivity contribution >= 4 is 22.5 Å². The van der Waals surface area contributed by atoms with Gasteiger partial charge in [0.15, 0.2) is 0 Å².